The number of nitrogens with one attached hydrogen (secondary N) is 1. The Kier molecular flexibility index (Phi) is 4.56. The van der Waals surface area contributed by atoms with Crippen LogP contribution in [0, 0.1) is 6.92 Å². The van der Waals surface area contributed by atoms with Crippen molar-refractivity contribution in [2.24, 2.45) is 0 Å². The molecule has 108 valence electrons. The summed E-state index contributed by atoms with van der Waals surface area (Å²) >= 11 is 0. The fourth-order valence-corrected chi connectivity index (χ4v) is 1.89. The third kappa shape index (κ3) is 4.35. The molecule has 0 aliphatic heterocycles. The molecule has 0 radical (unpaired) electrons. The lowest BCUT2D eigenvalue weighted by Gasteiger charge is -2.06. The van der Waals surface area contributed by atoms with Crippen molar-refractivity contribution in [1.29, 1.82) is 0 Å². The maximum Gasteiger partial charge on any atom is 0.328 e. The van der Waals surface area contributed by atoms with E-state index in [9.17, 15) is 9.59 Å². The number of carboxylic acid groups (broad SMARTS) is 1. The van der Waals surface area contributed by atoms with Crippen LogP contribution in [0.25, 0.3) is 6.08 Å². The molecule has 0 spiro atoms. The first-order valence-corrected chi connectivity index (χ1v) is 6.36. The van der Waals surface area contributed by atoms with Gasteiger partial charge in [-0.1, -0.05) is 6.07 Å². The van der Waals surface area contributed by atoms with E-state index in [4.69, 9.17) is 9.52 Å². The monoisotopic (exact) mass is 285 g/mol. The third-order valence-corrected chi connectivity index (χ3v) is 2.81. The average Bonchev–Trinajstić information content (AvgIpc) is 2.95. The van der Waals surface area contributed by atoms with E-state index in [1.54, 1.807) is 30.7 Å². The van der Waals surface area contributed by atoms with E-state index < -0.39 is 5.97 Å². The highest BCUT2D eigenvalue weighted by molar-refractivity contribution is 5.95. The number of aryl methyl sites for hydroxylation is 1. The largest absolute Gasteiger partial charge is 0.478 e. The number of hydrogen-bond acceptors (Lipinski definition) is 3. The Morgan fingerprint density at radius 2 is 2.14 bits per heavy atom. The van der Waals surface area contributed by atoms with Crippen molar-refractivity contribution in [3.8, 4) is 0 Å². The van der Waals surface area contributed by atoms with Crippen molar-refractivity contribution < 1.29 is 19.1 Å². The van der Waals surface area contributed by atoms with E-state index in [0.717, 1.165) is 17.2 Å². The maximum absolute atomic E-state index is 12.1. The zero-order valence-electron chi connectivity index (χ0n) is 11.5. The number of carboxylic acids is 1. The highest BCUT2D eigenvalue weighted by Gasteiger charge is 2.07. The molecule has 0 unspecified atom stereocenters. The van der Waals surface area contributed by atoms with Crippen LogP contribution < -0.4 is 5.32 Å². The fraction of sp³-hybridized carbons (Fsp3) is 0.125. The third-order valence-electron chi connectivity index (χ3n) is 2.81. The van der Waals surface area contributed by atoms with Gasteiger partial charge in [0.1, 0.15) is 0 Å². The van der Waals surface area contributed by atoms with Crippen LogP contribution in [-0.4, -0.2) is 17.0 Å². The molecule has 0 fully saturated rings. The Morgan fingerprint density at radius 3 is 2.81 bits per heavy atom. The van der Waals surface area contributed by atoms with Crippen LogP contribution in [0.15, 0.2) is 47.3 Å². The van der Waals surface area contributed by atoms with Crippen LogP contribution in [0.2, 0.25) is 0 Å². The number of carbonyl (C=O) groups is 2. The van der Waals surface area contributed by atoms with Crippen molar-refractivity contribution in [1.82, 2.24) is 5.32 Å². The normalized spacial score (nSPS) is 10.7. The fourth-order valence-electron chi connectivity index (χ4n) is 1.89. The zero-order valence-corrected chi connectivity index (χ0v) is 11.5. The minimum absolute atomic E-state index is 0.218. The highest BCUT2D eigenvalue weighted by atomic mass is 16.4. The number of amides is 1. The summed E-state index contributed by atoms with van der Waals surface area (Å²) in [5, 5.41) is 11.4. The lowest BCUT2D eigenvalue weighted by atomic mass is 10.1. The average molecular weight is 285 g/mol. The molecule has 0 aliphatic carbocycles. The molecule has 2 rings (SSSR count). The summed E-state index contributed by atoms with van der Waals surface area (Å²) in [4.78, 5) is 22.6. The second-order valence-corrected chi connectivity index (χ2v) is 4.62. The van der Waals surface area contributed by atoms with Gasteiger partial charge < -0.3 is 14.8 Å². The van der Waals surface area contributed by atoms with E-state index in [0.29, 0.717) is 17.7 Å². The molecule has 0 saturated carbocycles. The van der Waals surface area contributed by atoms with Gasteiger partial charge in [0.2, 0.25) is 0 Å². The first kappa shape index (κ1) is 14.6. The molecular formula is C16H15NO4. The summed E-state index contributed by atoms with van der Waals surface area (Å²) in [5.74, 6) is -1.24. The number of aliphatic carboxylic acids is 1. The minimum Gasteiger partial charge on any atom is -0.478 e. The summed E-state index contributed by atoms with van der Waals surface area (Å²) < 4.78 is 4.93. The van der Waals surface area contributed by atoms with E-state index in [1.165, 1.54) is 6.08 Å². The molecule has 5 nitrogen and oxygen atoms in total. The van der Waals surface area contributed by atoms with Gasteiger partial charge in [-0.05, 0) is 42.3 Å². The summed E-state index contributed by atoms with van der Waals surface area (Å²) in [6, 6.07) is 6.99. The SMILES string of the molecule is Cc1cc(/C=C/C(=O)O)cc(C(=O)NCc2ccoc2)c1. The van der Waals surface area contributed by atoms with Gasteiger partial charge in [0.05, 0.1) is 12.5 Å². The Balaban J connectivity index is 2.11. The van der Waals surface area contributed by atoms with Crippen LogP contribution in [0.4, 0.5) is 0 Å². The van der Waals surface area contributed by atoms with Crippen LogP contribution in [0.3, 0.4) is 0 Å². The molecule has 1 aromatic heterocycles. The first-order chi connectivity index (χ1) is 10.0. The molecule has 0 aliphatic rings. The van der Waals surface area contributed by atoms with Gasteiger partial charge in [-0.2, -0.15) is 0 Å². The predicted octanol–water partition coefficient (Wildman–Crippen LogP) is 2.62. The van der Waals surface area contributed by atoms with Crippen molar-refractivity contribution in [2.75, 3.05) is 0 Å². The standard InChI is InChI=1S/C16H15NO4/c1-11-6-12(2-3-15(18)19)8-14(7-11)16(20)17-9-13-4-5-21-10-13/h2-8,10H,9H2,1H3,(H,17,20)(H,18,19)/b3-2+. The Morgan fingerprint density at radius 1 is 1.33 bits per heavy atom. The van der Waals surface area contributed by atoms with E-state index >= 15 is 0 Å². The number of carbonyl (C=O) groups excluding carboxylic acids is 1. The molecule has 1 heterocycles. The van der Waals surface area contributed by atoms with Gasteiger partial charge >= 0.3 is 5.97 Å². The van der Waals surface area contributed by atoms with Crippen LogP contribution in [0.5, 0.6) is 0 Å². The van der Waals surface area contributed by atoms with Crippen LogP contribution in [-0.2, 0) is 11.3 Å². The quantitative estimate of drug-likeness (QED) is 0.828. The van der Waals surface area contributed by atoms with E-state index in [-0.39, 0.29) is 5.91 Å². The highest BCUT2D eigenvalue weighted by Crippen LogP contribution is 2.12. The maximum atomic E-state index is 12.1. The Labute approximate surface area is 121 Å². The molecule has 5 heteroatoms. The molecule has 1 amide bonds. The summed E-state index contributed by atoms with van der Waals surface area (Å²) in [5.41, 5.74) is 2.92. The van der Waals surface area contributed by atoms with Crippen molar-refractivity contribution in [2.45, 2.75) is 13.5 Å². The van der Waals surface area contributed by atoms with Gasteiger partial charge in [-0.15, -0.1) is 0 Å². The number of benzene rings is 1. The second-order valence-electron chi connectivity index (χ2n) is 4.62. The minimum atomic E-state index is -1.03. The summed E-state index contributed by atoms with van der Waals surface area (Å²) in [6.45, 7) is 2.23. The topological polar surface area (TPSA) is 79.5 Å². The summed E-state index contributed by atoms with van der Waals surface area (Å²) in [6.07, 6.45) is 5.62. The van der Waals surface area contributed by atoms with Gasteiger partial charge in [0.25, 0.3) is 5.91 Å². The lowest BCUT2D eigenvalue weighted by Crippen LogP contribution is -2.22. The van der Waals surface area contributed by atoms with Gasteiger partial charge in [-0.25, -0.2) is 4.79 Å². The number of rotatable bonds is 5. The summed E-state index contributed by atoms with van der Waals surface area (Å²) in [7, 11) is 0. The molecule has 0 atom stereocenters. The molecule has 21 heavy (non-hydrogen) atoms. The molecular weight excluding hydrogens is 270 g/mol. The number of furan rings is 1. The molecule has 2 aromatic rings. The van der Waals surface area contributed by atoms with Gasteiger partial charge in [0.15, 0.2) is 0 Å². The lowest BCUT2D eigenvalue weighted by molar-refractivity contribution is -0.131. The van der Waals surface area contributed by atoms with E-state index in [2.05, 4.69) is 5.32 Å². The van der Waals surface area contributed by atoms with Crippen molar-refractivity contribution in [3.05, 3.63) is 65.1 Å². The van der Waals surface area contributed by atoms with Crippen molar-refractivity contribution in [3.63, 3.8) is 0 Å². The molecule has 2 N–H and O–H groups in total. The zero-order chi connectivity index (χ0) is 15.2. The molecule has 0 bridgehead atoms. The Bertz CT molecular complexity index is 672. The smallest absolute Gasteiger partial charge is 0.328 e. The van der Waals surface area contributed by atoms with E-state index in [1.807, 2.05) is 13.0 Å². The van der Waals surface area contributed by atoms with Crippen molar-refractivity contribution >= 4 is 18.0 Å². The molecule has 0 saturated heterocycles. The first-order valence-electron chi connectivity index (χ1n) is 6.36. The molecule has 1 aromatic carbocycles. The predicted molar refractivity (Wildman–Crippen MR) is 77.7 cm³/mol. The second kappa shape index (κ2) is 6.56. The Hall–Kier alpha value is -2.82. The van der Waals surface area contributed by atoms with Crippen LogP contribution in [0.1, 0.15) is 27.0 Å². The van der Waals surface area contributed by atoms with Crippen LogP contribution >= 0.6 is 0 Å². The van der Waals surface area contributed by atoms with Gasteiger partial charge in [-0.3, -0.25) is 4.79 Å². The van der Waals surface area contributed by atoms with Gasteiger partial charge in [0, 0.05) is 23.7 Å². The number of hydrogen-bond donors (Lipinski definition) is 2.